The summed E-state index contributed by atoms with van der Waals surface area (Å²) in [5.74, 6) is 0. The van der Waals surface area contributed by atoms with Gasteiger partial charge in [0.25, 0.3) is 0 Å². The SMILES string of the molecule is [C-]#N.[C-]#N.[C-]#N.[C-]#N.[C-]#N.[Cr+3].[K+].[K+].[K+].[N-]=O. The standard InChI is InChI=1S/5CN.Cr.3K.NO/c5*1-2;;;;;1-2/q5*-1;+3;3*+1;-1. The van der Waals surface area contributed by atoms with E-state index in [-0.39, 0.29) is 172 Å². The van der Waals surface area contributed by atoms with Crippen LogP contribution in [0.25, 0.3) is 5.59 Å². The molecule has 1 radical (unpaired) electrons. The summed E-state index contributed by atoms with van der Waals surface area (Å²) in [5.41, 5.74) is 5.75. The molecule has 0 N–H and O–H groups in total. The van der Waals surface area contributed by atoms with Gasteiger partial charge in [0.1, 0.15) is 0 Å². The second-order valence-electron chi connectivity index (χ2n) is 0. The number of hydrogen-bond acceptors (Lipinski definition) is 6. The third-order valence-electron chi connectivity index (χ3n) is 0. The van der Waals surface area contributed by atoms with Gasteiger partial charge < -0.3 is 69.7 Å². The van der Waals surface area contributed by atoms with Gasteiger partial charge >= 0.3 is 172 Å². The van der Waals surface area contributed by atoms with Crippen molar-refractivity contribution in [2.75, 3.05) is 0 Å². The molecule has 0 aromatic carbocycles. The van der Waals surface area contributed by atoms with Gasteiger partial charge in [0.2, 0.25) is 0 Å². The number of rotatable bonds is 0. The fraction of sp³-hybridized carbons (Fsp3) is 0. The van der Waals surface area contributed by atoms with Crippen molar-refractivity contribution in [2.45, 2.75) is 0 Å². The zero-order valence-electron chi connectivity index (χ0n) is 9.00. The van der Waals surface area contributed by atoms with Crippen molar-refractivity contribution in [3.63, 3.8) is 0 Å². The summed E-state index contributed by atoms with van der Waals surface area (Å²) in [7, 11) is 0. The molecule has 0 aromatic heterocycles. The van der Waals surface area contributed by atoms with E-state index in [1.165, 1.54) is 0 Å². The molecule has 0 bridgehead atoms. The van der Waals surface area contributed by atoms with E-state index in [0.29, 0.717) is 0 Å². The number of hydrogen-bond donors (Lipinski definition) is 0. The van der Waals surface area contributed by atoms with Crippen LogP contribution in [0.2, 0.25) is 0 Å². The molecule has 0 spiro atoms. The van der Waals surface area contributed by atoms with Crippen molar-refractivity contribution in [3.8, 4) is 0 Å². The summed E-state index contributed by atoms with van der Waals surface area (Å²) in [6.45, 7) is 23.8. The third kappa shape index (κ3) is 638. The molecule has 0 aromatic rings. The van der Waals surface area contributed by atoms with E-state index in [0.717, 1.165) is 0 Å². The van der Waals surface area contributed by atoms with Crippen LogP contribution in [0.4, 0.5) is 0 Å². The van der Waals surface area contributed by atoms with Crippen molar-refractivity contribution in [1.82, 2.24) is 0 Å². The van der Waals surface area contributed by atoms with Gasteiger partial charge in [-0.2, -0.15) is 0 Å². The van der Waals surface area contributed by atoms with Crippen molar-refractivity contribution >= 4 is 0 Å². The van der Waals surface area contributed by atoms with Crippen LogP contribution in [0.3, 0.4) is 0 Å². The molecule has 0 atom stereocenters. The first kappa shape index (κ1) is 78.5. The van der Waals surface area contributed by atoms with Gasteiger partial charge in [-0.05, 0) is 0 Å². The maximum absolute atomic E-state index is 7.25. The van der Waals surface area contributed by atoms with Crippen LogP contribution in [-0.2, 0) is 17.4 Å². The molecule has 11 heteroatoms. The maximum atomic E-state index is 7.25. The Balaban J connectivity index is -0.00000000321. The summed E-state index contributed by atoms with van der Waals surface area (Å²) >= 11 is 0. The Morgan fingerprint density at radius 2 is 0.500 bits per heavy atom. The molecule has 0 heterocycles. The summed E-state index contributed by atoms with van der Waals surface area (Å²) in [6, 6.07) is 0. The molecule has 0 aliphatic heterocycles. The first-order chi connectivity index (χ1) is 6.00. The molecule has 0 aliphatic carbocycles. The minimum Gasteiger partial charge on any atom is -0.577 e. The first-order valence-electron chi connectivity index (χ1n) is 1.30. The molecule has 7 nitrogen and oxygen atoms in total. The van der Waals surface area contributed by atoms with Gasteiger partial charge in [-0.1, -0.05) is 0 Å². The molecule has 0 saturated heterocycles. The second-order valence-corrected chi connectivity index (χ2v) is 0. The smallest absolute Gasteiger partial charge is 0.577 e. The Morgan fingerprint density at radius 3 is 0.500 bits per heavy atom. The van der Waals surface area contributed by atoms with Gasteiger partial charge in [-0.15, -0.1) is 0 Å². The van der Waals surface area contributed by atoms with E-state index in [4.69, 9.17) is 69.7 Å². The molecule has 0 aliphatic rings. The van der Waals surface area contributed by atoms with E-state index in [1.807, 2.05) is 0 Å². The van der Waals surface area contributed by atoms with Gasteiger partial charge in [0.05, 0.1) is 0 Å². The topological polar surface area (TPSA) is 158 Å². The van der Waals surface area contributed by atoms with E-state index < -0.39 is 0 Å². The molecule has 0 unspecified atom stereocenters. The molecule has 0 saturated carbocycles. The predicted octanol–water partition coefficient (Wildman–Crippen LogP) is -8.19. The van der Waals surface area contributed by atoms with Crippen LogP contribution in [-0.4, -0.2) is 0 Å². The van der Waals surface area contributed by atoms with Crippen LogP contribution >= 0.6 is 0 Å². The maximum Gasteiger partial charge on any atom is 3.00 e. The van der Waals surface area contributed by atoms with Crippen molar-refractivity contribution in [3.05, 3.63) is 43.4 Å². The zero-order valence-corrected chi connectivity index (χ0v) is 19.6. The van der Waals surface area contributed by atoms with E-state index in [1.54, 1.807) is 0 Å². The average molecular weight is 329 g/mol. The van der Waals surface area contributed by atoms with Gasteiger partial charge in [-0.25, -0.2) is 0 Å². The van der Waals surface area contributed by atoms with E-state index in [9.17, 15) is 0 Å². The Hall–Kier alpha value is 2.49. The van der Waals surface area contributed by atoms with Crippen molar-refractivity contribution in [2.24, 2.45) is 0 Å². The molecular formula is C5CrK3N6O. The normalized spacial score (nSPS) is 0.875. The van der Waals surface area contributed by atoms with E-state index in [2.05, 4.69) is 0 Å². The molecular weight excluding hydrogens is 329 g/mol. The first-order valence-corrected chi connectivity index (χ1v) is 1.30. The fourth-order valence-corrected chi connectivity index (χ4v) is 0. The Kier molecular flexibility index (Phi) is 3760. The summed E-state index contributed by atoms with van der Waals surface area (Å²) in [5, 5.41) is 31.2. The fourth-order valence-electron chi connectivity index (χ4n) is 0. The minimum absolute atomic E-state index is 0. The average Bonchev–Trinajstić information content (AvgIpc) is 2.33. The monoisotopic (exact) mass is 329 g/mol. The Morgan fingerprint density at radius 1 is 0.500 bits per heavy atom. The Bertz CT molecular complexity index is 102. The molecule has 16 heavy (non-hydrogen) atoms. The Labute approximate surface area is 234 Å². The van der Waals surface area contributed by atoms with Crippen LogP contribution in [0.1, 0.15) is 0 Å². The van der Waals surface area contributed by atoms with Gasteiger partial charge in [0, 0.05) is 0 Å². The third-order valence-corrected chi connectivity index (χ3v) is 0. The van der Waals surface area contributed by atoms with Crippen LogP contribution in [0.5, 0.6) is 0 Å². The largest absolute Gasteiger partial charge is 3.00 e. The van der Waals surface area contributed by atoms with Crippen LogP contribution < -0.4 is 154 Å². The van der Waals surface area contributed by atoms with Crippen LogP contribution in [0, 0.1) is 64.1 Å². The molecule has 0 fully saturated rings. The second kappa shape index (κ2) is 766. The zero-order chi connectivity index (χ0) is 12.0. The van der Waals surface area contributed by atoms with E-state index >= 15 is 0 Å². The quantitative estimate of drug-likeness (QED) is 0.317. The molecule has 0 rings (SSSR count). The van der Waals surface area contributed by atoms with Gasteiger partial charge in [0.15, 0.2) is 0 Å². The summed E-state index contributed by atoms with van der Waals surface area (Å²) < 4.78 is 0. The number of nitroso groups, excluding NO2 is 1. The summed E-state index contributed by atoms with van der Waals surface area (Å²) in [6.07, 6.45) is 0. The predicted molar refractivity (Wildman–Crippen MR) is 31.6 cm³/mol. The van der Waals surface area contributed by atoms with Crippen LogP contribution in [0.15, 0.2) is 0 Å². The molecule has 0 amide bonds. The minimum atomic E-state index is 0. The number of nitrogens with zero attached hydrogens (tertiary/aromatic N) is 6. The van der Waals surface area contributed by atoms with Crippen molar-refractivity contribution in [1.29, 1.82) is 26.3 Å². The summed E-state index contributed by atoms with van der Waals surface area (Å²) in [4.78, 5) is 7.25. The van der Waals surface area contributed by atoms with Gasteiger partial charge in [-0.3, -0.25) is 0 Å². The van der Waals surface area contributed by atoms with Crippen molar-refractivity contribution < 1.29 is 172 Å². The molecule has 65 valence electrons.